The molecule has 4 heteroatoms. The van der Waals surface area contributed by atoms with Crippen molar-refractivity contribution in [2.75, 3.05) is 53.2 Å². The van der Waals surface area contributed by atoms with Crippen molar-refractivity contribution in [2.24, 2.45) is 0 Å². The van der Waals surface area contributed by atoms with Crippen LogP contribution in [-0.2, 0) is 14.2 Å². The molecule has 0 aromatic carbocycles. The van der Waals surface area contributed by atoms with Crippen LogP contribution in [0.25, 0.3) is 0 Å². The van der Waals surface area contributed by atoms with Crippen molar-refractivity contribution in [3.8, 4) is 0 Å². The first-order chi connectivity index (χ1) is 8.86. The molecule has 0 amide bonds. The maximum atomic E-state index is 5.75. The molecular formula is C14H31NO3. The number of piperidine rings is 1. The predicted octanol–water partition coefficient (Wildman–Crippen LogP) is 2.18. The summed E-state index contributed by atoms with van der Waals surface area (Å²) in [5.41, 5.74) is 0. The van der Waals surface area contributed by atoms with Crippen LogP contribution in [0.1, 0.15) is 33.6 Å². The van der Waals surface area contributed by atoms with Gasteiger partial charge in [-0.2, -0.15) is 0 Å². The van der Waals surface area contributed by atoms with E-state index in [1.165, 1.54) is 0 Å². The van der Waals surface area contributed by atoms with Crippen LogP contribution < -0.4 is 0 Å². The molecule has 1 saturated heterocycles. The highest BCUT2D eigenvalue weighted by Gasteiger charge is 2.18. The van der Waals surface area contributed by atoms with Crippen molar-refractivity contribution in [1.82, 2.24) is 4.90 Å². The van der Waals surface area contributed by atoms with E-state index in [-0.39, 0.29) is 0 Å². The summed E-state index contributed by atoms with van der Waals surface area (Å²) in [6.45, 7) is 12.4. The fourth-order valence-corrected chi connectivity index (χ4v) is 1.94. The molecule has 0 saturated carbocycles. The zero-order valence-electron chi connectivity index (χ0n) is 12.6. The number of hydrogen-bond acceptors (Lipinski definition) is 4. The molecule has 0 atom stereocenters. The number of methoxy groups -OCH3 is 1. The maximum Gasteiger partial charge on any atom is 0.0704 e. The predicted molar refractivity (Wildman–Crippen MR) is 75.1 cm³/mol. The zero-order valence-corrected chi connectivity index (χ0v) is 12.6. The summed E-state index contributed by atoms with van der Waals surface area (Å²) in [6, 6.07) is 0. The Labute approximate surface area is 113 Å². The van der Waals surface area contributed by atoms with E-state index in [2.05, 4.69) is 4.90 Å². The van der Waals surface area contributed by atoms with E-state index in [0.717, 1.165) is 58.9 Å². The number of rotatable bonds is 8. The summed E-state index contributed by atoms with van der Waals surface area (Å²) in [5.74, 6) is 0. The second-order valence-electron chi connectivity index (χ2n) is 4.10. The maximum absolute atomic E-state index is 5.75. The van der Waals surface area contributed by atoms with Crippen LogP contribution in [0, 0.1) is 0 Å². The summed E-state index contributed by atoms with van der Waals surface area (Å²) in [5, 5.41) is 0. The normalized spacial score (nSPS) is 17.3. The van der Waals surface area contributed by atoms with Crippen LogP contribution in [0.15, 0.2) is 0 Å². The van der Waals surface area contributed by atoms with Crippen molar-refractivity contribution < 1.29 is 14.2 Å². The van der Waals surface area contributed by atoms with Gasteiger partial charge in [0.05, 0.1) is 25.9 Å². The topological polar surface area (TPSA) is 30.9 Å². The van der Waals surface area contributed by atoms with Crippen molar-refractivity contribution in [1.29, 1.82) is 0 Å². The highest BCUT2D eigenvalue weighted by molar-refractivity contribution is 4.72. The Morgan fingerprint density at radius 2 is 1.72 bits per heavy atom. The Hall–Kier alpha value is -0.160. The Morgan fingerprint density at radius 1 is 1.06 bits per heavy atom. The van der Waals surface area contributed by atoms with Crippen LogP contribution in [0.5, 0.6) is 0 Å². The number of ether oxygens (including phenoxy) is 3. The molecular weight excluding hydrogens is 230 g/mol. The van der Waals surface area contributed by atoms with Gasteiger partial charge in [-0.3, -0.25) is 0 Å². The van der Waals surface area contributed by atoms with E-state index in [4.69, 9.17) is 14.2 Å². The molecule has 0 spiro atoms. The quantitative estimate of drug-likeness (QED) is 0.627. The van der Waals surface area contributed by atoms with E-state index < -0.39 is 0 Å². The Kier molecular flexibility index (Phi) is 13.2. The number of hydrogen-bond donors (Lipinski definition) is 0. The van der Waals surface area contributed by atoms with E-state index in [9.17, 15) is 0 Å². The van der Waals surface area contributed by atoms with Crippen molar-refractivity contribution >= 4 is 0 Å². The molecule has 0 unspecified atom stereocenters. The largest absolute Gasteiger partial charge is 0.383 e. The van der Waals surface area contributed by atoms with Crippen molar-refractivity contribution in [3.05, 3.63) is 0 Å². The van der Waals surface area contributed by atoms with Gasteiger partial charge in [0.15, 0.2) is 0 Å². The third kappa shape index (κ3) is 8.86. The minimum atomic E-state index is 0.430. The number of nitrogens with zero attached hydrogens (tertiary/aromatic N) is 1. The van der Waals surface area contributed by atoms with Gasteiger partial charge in [0.25, 0.3) is 0 Å². The first-order valence-corrected chi connectivity index (χ1v) is 7.27. The van der Waals surface area contributed by atoms with E-state index in [1.54, 1.807) is 7.11 Å². The summed E-state index contributed by atoms with van der Waals surface area (Å²) < 4.78 is 16.1. The fourth-order valence-electron chi connectivity index (χ4n) is 1.94. The minimum absolute atomic E-state index is 0.430. The van der Waals surface area contributed by atoms with Gasteiger partial charge in [-0.1, -0.05) is 13.8 Å². The molecule has 1 rings (SSSR count). The van der Waals surface area contributed by atoms with Crippen molar-refractivity contribution in [3.63, 3.8) is 0 Å². The van der Waals surface area contributed by atoms with Gasteiger partial charge in [0.2, 0.25) is 0 Å². The van der Waals surface area contributed by atoms with Gasteiger partial charge in [-0.15, -0.1) is 0 Å². The molecule has 1 fully saturated rings. The smallest absolute Gasteiger partial charge is 0.0704 e. The van der Waals surface area contributed by atoms with E-state index in [0.29, 0.717) is 6.10 Å². The average Bonchev–Trinajstić information content (AvgIpc) is 2.45. The SMILES string of the molecule is CC.CCOCCOC1CCN(CCOC)CC1. The Balaban J connectivity index is 0.00000137. The summed E-state index contributed by atoms with van der Waals surface area (Å²) in [6.07, 6.45) is 2.70. The summed E-state index contributed by atoms with van der Waals surface area (Å²) in [4.78, 5) is 2.44. The Morgan fingerprint density at radius 3 is 2.28 bits per heavy atom. The van der Waals surface area contributed by atoms with E-state index >= 15 is 0 Å². The van der Waals surface area contributed by atoms with Crippen LogP contribution in [0.2, 0.25) is 0 Å². The third-order valence-electron chi connectivity index (χ3n) is 2.93. The summed E-state index contributed by atoms with van der Waals surface area (Å²) >= 11 is 0. The molecule has 1 aliphatic heterocycles. The van der Waals surface area contributed by atoms with Gasteiger partial charge in [0.1, 0.15) is 0 Å². The lowest BCUT2D eigenvalue weighted by atomic mass is 10.1. The van der Waals surface area contributed by atoms with Gasteiger partial charge in [-0.25, -0.2) is 0 Å². The highest BCUT2D eigenvalue weighted by Crippen LogP contribution is 2.13. The molecule has 1 heterocycles. The van der Waals surface area contributed by atoms with Crippen LogP contribution in [-0.4, -0.2) is 64.2 Å². The molecule has 1 aliphatic rings. The second-order valence-corrected chi connectivity index (χ2v) is 4.10. The van der Waals surface area contributed by atoms with Gasteiger partial charge >= 0.3 is 0 Å². The molecule has 4 nitrogen and oxygen atoms in total. The lowest BCUT2D eigenvalue weighted by molar-refractivity contribution is -0.0229. The van der Waals surface area contributed by atoms with Crippen LogP contribution in [0.4, 0.5) is 0 Å². The summed E-state index contributed by atoms with van der Waals surface area (Å²) in [7, 11) is 1.75. The molecule has 110 valence electrons. The molecule has 0 radical (unpaired) electrons. The fraction of sp³-hybridized carbons (Fsp3) is 1.00. The lowest BCUT2D eigenvalue weighted by Crippen LogP contribution is -2.39. The van der Waals surface area contributed by atoms with Gasteiger partial charge in [-0.05, 0) is 19.8 Å². The molecule has 0 aromatic rings. The van der Waals surface area contributed by atoms with Gasteiger partial charge in [0, 0.05) is 33.4 Å². The molecule has 0 aromatic heterocycles. The number of likely N-dealkylation sites (tertiary alicyclic amines) is 1. The Bertz CT molecular complexity index is 159. The molecule has 18 heavy (non-hydrogen) atoms. The van der Waals surface area contributed by atoms with Crippen LogP contribution in [0.3, 0.4) is 0 Å². The van der Waals surface area contributed by atoms with Gasteiger partial charge < -0.3 is 19.1 Å². The standard InChI is InChI=1S/C12H25NO3.C2H6/c1-3-15-10-11-16-12-4-6-13(7-5-12)8-9-14-2;1-2/h12H,3-11H2,1-2H3;1-2H3. The lowest BCUT2D eigenvalue weighted by Gasteiger charge is -2.31. The molecule has 0 aliphatic carbocycles. The zero-order chi connectivity index (χ0) is 13.6. The monoisotopic (exact) mass is 261 g/mol. The minimum Gasteiger partial charge on any atom is -0.383 e. The average molecular weight is 261 g/mol. The third-order valence-corrected chi connectivity index (χ3v) is 2.93. The van der Waals surface area contributed by atoms with E-state index in [1.807, 2.05) is 20.8 Å². The highest BCUT2D eigenvalue weighted by atomic mass is 16.5. The molecule has 0 N–H and O–H groups in total. The van der Waals surface area contributed by atoms with Crippen molar-refractivity contribution in [2.45, 2.75) is 39.7 Å². The first-order valence-electron chi connectivity index (χ1n) is 7.27. The first kappa shape index (κ1) is 17.8. The second kappa shape index (κ2) is 13.3. The van der Waals surface area contributed by atoms with Crippen LogP contribution >= 0.6 is 0 Å². The molecule has 0 bridgehead atoms.